The predicted molar refractivity (Wildman–Crippen MR) is 158 cm³/mol. The highest BCUT2D eigenvalue weighted by Crippen LogP contribution is 2.28. The molecule has 4 atom stereocenters. The normalized spacial score (nSPS) is 18.1. The van der Waals surface area contributed by atoms with E-state index in [4.69, 9.17) is 27.0 Å². The summed E-state index contributed by atoms with van der Waals surface area (Å²) in [6.45, 7) is 33.4. The fraction of sp³-hybridized carbons (Fsp3) is 0.955. The van der Waals surface area contributed by atoms with Gasteiger partial charge in [-0.2, -0.15) is 0 Å². The van der Waals surface area contributed by atoms with Gasteiger partial charge in [0, 0.05) is 0 Å². The van der Waals surface area contributed by atoms with Crippen molar-refractivity contribution in [3.63, 3.8) is 0 Å². The third-order valence-electron chi connectivity index (χ3n) is 3.98. The van der Waals surface area contributed by atoms with E-state index in [0.717, 1.165) is 0 Å². The zero-order valence-corrected chi connectivity index (χ0v) is 30.0. The van der Waals surface area contributed by atoms with E-state index < -0.39 is 53.8 Å². The van der Waals surface area contributed by atoms with Gasteiger partial charge in [0.2, 0.25) is 0 Å². The van der Waals surface area contributed by atoms with Crippen molar-refractivity contribution in [1.29, 1.82) is 0 Å². The molecule has 0 saturated carbocycles. The Morgan fingerprint density at radius 1 is 0.559 bits per heavy atom. The van der Waals surface area contributed by atoms with Crippen LogP contribution in [0.4, 0.5) is 0 Å². The summed E-state index contributed by atoms with van der Waals surface area (Å²) in [7, 11) is -8.13. The van der Waals surface area contributed by atoms with Gasteiger partial charge in [-0.25, -0.2) is 0 Å². The molecule has 0 aromatic heterocycles. The van der Waals surface area contributed by atoms with E-state index in [2.05, 4.69) is 103 Å². The summed E-state index contributed by atoms with van der Waals surface area (Å²) >= 11 is 0. The minimum absolute atomic E-state index is 0.268. The molecule has 0 spiro atoms. The monoisotopic (exact) mass is 569 g/mol. The standard InChI is InChI=1S/C22H55NO6Si5/c1-24-23-17-19(26-31(5,6)7)21(28-33(11,12)13)22(29-34(14,15)16)20(27-32(8,9)10)18-25-30(2,3)4/h17,19-22H,18H2,1-16H3/b23-17+/t19-,20+,21+,22+/m1/s1. The minimum Gasteiger partial charge on any atom is -0.415 e. The summed E-state index contributed by atoms with van der Waals surface area (Å²) in [6, 6.07) is 0. The molecule has 0 aliphatic heterocycles. The van der Waals surface area contributed by atoms with Crippen LogP contribution < -0.4 is 0 Å². The van der Waals surface area contributed by atoms with Crippen molar-refractivity contribution in [3.8, 4) is 0 Å². The molecule has 0 radical (unpaired) electrons. The van der Waals surface area contributed by atoms with E-state index >= 15 is 0 Å². The largest absolute Gasteiger partial charge is 0.415 e. The zero-order chi connectivity index (χ0) is 27.2. The van der Waals surface area contributed by atoms with Crippen LogP contribution in [0.25, 0.3) is 0 Å². The Kier molecular flexibility index (Phi) is 13.4. The van der Waals surface area contributed by atoms with Crippen LogP contribution in [0, 0.1) is 0 Å². The van der Waals surface area contributed by atoms with Gasteiger partial charge in [-0.3, -0.25) is 0 Å². The predicted octanol–water partition coefficient (Wildman–Crippen LogP) is 6.35. The first-order valence-electron chi connectivity index (χ1n) is 12.3. The van der Waals surface area contributed by atoms with Crippen LogP contribution in [0.5, 0.6) is 0 Å². The highest BCUT2D eigenvalue weighted by Gasteiger charge is 2.44. The maximum atomic E-state index is 6.90. The Bertz CT molecular complexity index is 618. The first-order chi connectivity index (χ1) is 14.9. The van der Waals surface area contributed by atoms with Crippen LogP contribution in [-0.2, 0) is 27.0 Å². The van der Waals surface area contributed by atoms with E-state index in [1.54, 1.807) is 13.3 Å². The van der Waals surface area contributed by atoms with Crippen molar-refractivity contribution in [2.75, 3.05) is 13.7 Å². The van der Waals surface area contributed by atoms with Gasteiger partial charge in [0.15, 0.2) is 41.6 Å². The highest BCUT2D eigenvalue weighted by molar-refractivity contribution is 6.71. The third kappa shape index (κ3) is 17.7. The Morgan fingerprint density at radius 3 is 1.32 bits per heavy atom. The Balaban J connectivity index is 6.73. The molecule has 204 valence electrons. The molecule has 0 saturated heterocycles. The molecule has 12 heteroatoms. The van der Waals surface area contributed by atoms with Gasteiger partial charge >= 0.3 is 0 Å². The van der Waals surface area contributed by atoms with Gasteiger partial charge in [-0.05, 0) is 98.2 Å². The molecule has 0 fully saturated rings. The van der Waals surface area contributed by atoms with E-state index in [1.807, 2.05) is 0 Å². The molecule has 0 amide bonds. The van der Waals surface area contributed by atoms with Crippen LogP contribution >= 0.6 is 0 Å². The molecule has 0 bridgehead atoms. The van der Waals surface area contributed by atoms with Crippen molar-refractivity contribution in [2.24, 2.45) is 5.16 Å². The van der Waals surface area contributed by atoms with Gasteiger partial charge in [0.1, 0.15) is 19.3 Å². The van der Waals surface area contributed by atoms with Crippen molar-refractivity contribution >= 4 is 47.8 Å². The number of nitrogens with zero attached hydrogens (tertiary/aromatic N) is 1. The molecular formula is C22H55NO6Si5. The number of rotatable bonds is 16. The Hall–Kier alpha value is 0.354. The van der Waals surface area contributed by atoms with Crippen LogP contribution in [0.15, 0.2) is 5.16 Å². The zero-order valence-electron chi connectivity index (χ0n) is 25.0. The second-order valence-corrected chi connectivity index (χ2v) is 36.1. The quantitative estimate of drug-likeness (QED) is 0.123. The van der Waals surface area contributed by atoms with Crippen molar-refractivity contribution < 1.29 is 27.0 Å². The van der Waals surface area contributed by atoms with Crippen LogP contribution in [-0.4, -0.2) is 85.9 Å². The molecule has 0 N–H and O–H groups in total. The topological polar surface area (TPSA) is 67.7 Å². The average Bonchev–Trinajstić information content (AvgIpc) is 2.54. The number of oxime groups is 1. The fourth-order valence-electron chi connectivity index (χ4n) is 3.19. The Morgan fingerprint density at radius 2 is 0.971 bits per heavy atom. The summed E-state index contributed by atoms with van der Waals surface area (Å²) in [5.41, 5.74) is 0. The van der Waals surface area contributed by atoms with Gasteiger partial charge in [-0.1, -0.05) is 5.16 Å². The van der Waals surface area contributed by atoms with Crippen molar-refractivity contribution in [2.45, 2.75) is 123 Å². The molecule has 0 heterocycles. The average molecular weight is 570 g/mol. The van der Waals surface area contributed by atoms with Crippen molar-refractivity contribution in [3.05, 3.63) is 0 Å². The minimum atomic E-state index is -2.01. The summed E-state index contributed by atoms with van der Waals surface area (Å²) in [5.74, 6) is 0. The summed E-state index contributed by atoms with van der Waals surface area (Å²) in [4.78, 5) is 5.07. The van der Waals surface area contributed by atoms with Crippen LogP contribution in [0.2, 0.25) is 98.2 Å². The van der Waals surface area contributed by atoms with E-state index in [-0.39, 0.29) is 12.2 Å². The Labute approximate surface area is 215 Å². The molecule has 0 aromatic rings. The molecule has 34 heavy (non-hydrogen) atoms. The maximum Gasteiger partial charge on any atom is 0.184 e. The lowest BCUT2D eigenvalue weighted by molar-refractivity contribution is -0.0733. The van der Waals surface area contributed by atoms with Crippen LogP contribution in [0.3, 0.4) is 0 Å². The molecule has 0 aromatic carbocycles. The van der Waals surface area contributed by atoms with Crippen LogP contribution in [0.1, 0.15) is 0 Å². The lowest BCUT2D eigenvalue weighted by Gasteiger charge is -2.45. The first-order valence-corrected chi connectivity index (χ1v) is 29.4. The second-order valence-electron chi connectivity index (χ2n) is 13.7. The van der Waals surface area contributed by atoms with Gasteiger partial charge in [0.25, 0.3) is 0 Å². The van der Waals surface area contributed by atoms with E-state index in [9.17, 15) is 0 Å². The lowest BCUT2D eigenvalue weighted by atomic mass is 10.0. The lowest BCUT2D eigenvalue weighted by Crippen LogP contribution is -2.60. The molecule has 7 nitrogen and oxygen atoms in total. The summed E-state index contributed by atoms with van der Waals surface area (Å²) in [5, 5.41) is 4.11. The smallest absolute Gasteiger partial charge is 0.184 e. The summed E-state index contributed by atoms with van der Waals surface area (Å²) in [6.07, 6.45) is 0.297. The van der Waals surface area contributed by atoms with Crippen molar-refractivity contribution in [1.82, 2.24) is 0 Å². The highest BCUT2D eigenvalue weighted by atomic mass is 28.4. The van der Waals surface area contributed by atoms with Gasteiger partial charge < -0.3 is 27.0 Å². The third-order valence-corrected chi connectivity index (χ3v) is 8.96. The SMILES string of the molecule is CO/N=C/[C@@H](O[Si](C)(C)C)[C@H](O[Si](C)(C)C)[C@@H](O[Si](C)(C)C)[C@H](CO[Si](C)(C)C)O[Si](C)(C)C. The molecule has 0 aliphatic rings. The summed E-state index contributed by atoms with van der Waals surface area (Å²) < 4.78 is 33.6. The fourth-order valence-corrected chi connectivity index (χ4v) is 8.16. The molecule has 0 unspecified atom stereocenters. The number of hydrogen-bond acceptors (Lipinski definition) is 7. The number of hydrogen-bond donors (Lipinski definition) is 0. The second kappa shape index (κ2) is 13.2. The molecular weight excluding hydrogens is 515 g/mol. The molecule has 0 rings (SSSR count). The maximum absolute atomic E-state index is 6.90. The van der Waals surface area contributed by atoms with Gasteiger partial charge in [-0.15, -0.1) is 0 Å². The first kappa shape index (κ1) is 34.4. The van der Waals surface area contributed by atoms with Gasteiger partial charge in [0.05, 0.1) is 25.0 Å². The molecule has 0 aliphatic carbocycles. The van der Waals surface area contributed by atoms with E-state index in [1.165, 1.54) is 0 Å². The van der Waals surface area contributed by atoms with E-state index in [0.29, 0.717) is 6.61 Å².